The number of amides is 1. The van der Waals surface area contributed by atoms with Gasteiger partial charge in [0.2, 0.25) is 0 Å². The first-order valence-electron chi connectivity index (χ1n) is 9.77. The van der Waals surface area contributed by atoms with E-state index in [1.165, 1.54) is 0 Å². The Bertz CT molecular complexity index is 825. The van der Waals surface area contributed by atoms with Gasteiger partial charge in [-0.1, -0.05) is 0 Å². The van der Waals surface area contributed by atoms with Gasteiger partial charge in [0.1, 0.15) is 17.2 Å². The summed E-state index contributed by atoms with van der Waals surface area (Å²) in [4.78, 5) is 17.6. The Hall–Kier alpha value is -2.54. The second kappa shape index (κ2) is 8.65. The zero-order chi connectivity index (χ0) is 20.3. The third-order valence-electron chi connectivity index (χ3n) is 5.62. The van der Waals surface area contributed by atoms with Gasteiger partial charge < -0.3 is 19.3 Å². The fourth-order valence-corrected chi connectivity index (χ4v) is 3.89. The molecule has 1 amide bonds. The highest BCUT2D eigenvalue weighted by molar-refractivity contribution is 5.96. The second-order valence-corrected chi connectivity index (χ2v) is 7.26. The summed E-state index contributed by atoms with van der Waals surface area (Å²) in [6.07, 6.45) is 2.00. The Kier molecular flexibility index (Phi) is 6.24. The smallest absolute Gasteiger partial charge is 0.272 e. The molecule has 0 radical (unpaired) electrons. The Morgan fingerprint density at radius 2 is 2.00 bits per heavy atom. The maximum atomic E-state index is 13.3. The van der Waals surface area contributed by atoms with Crippen LogP contribution < -0.4 is 9.47 Å². The third kappa shape index (κ3) is 3.85. The molecule has 7 heteroatoms. The molecule has 1 saturated heterocycles. The molecule has 0 spiro atoms. The fourth-order valence-electron chi connectivity index (χ4n) is 3.89. The molecule has 7 nitrogen and oxygen atoms in total. The summed E-state index contributed by atoms with van der Waals surface area (Å²) in [6, 6.07) is 5.84. The van der Waals surface area contributed by atoms with Gasteiger partial charge in [0.05, 0.1) is 19.9 Å². The van der Waals surface area contributed by atoms with Gasteiger partial charge in [0.25, 0.3) is 5.91 Å². The molecule has 152 valence electrons. The molecule has 2 aromatic rings. The molecule has 28 heavy (non-hydrogen) atoms. The summed E-state index contributed by atoms with van der Waals surface area (Å²) in [5.74, 6) is 1.42. The maximum absolute atomic E-state index is 13.3. The molecule has 0 atom stereocenters. The number of nitrogens with zero attached hydrogens (tertiary/aromatic N) is 3. The predicted octanol–water partition coefficient (Wildman–Crippen LogP) is 2.96. The van der Waals surface area contributed by atoms with Crippen LogP contribution in [-0.4, -0.2) is 72.8 Å². The van der Waals surface area contributed by atoms with Gasteiger partial charge in [0, 0.05) is 23.7 Å². The third-order valence-corrected chi connectivity index (χ3v) is 5.62. The van der Waals surface area contributed by atoms with Crippen LogP contribution in [0.5, 0.6) is 11.5 Å². The molecule has 2 heterocycles. The largest absolute Gasteiger partial charge is 0.497 e. The fraction of sp³-hybridized carbons (Fsp3) is 0.524. The first-order valence-corrected chi connectivity index (χ1v) is 9.77. The molecular formula is C21H30N4O3. The van der Waals surface area contributed by atoms with Crippen molar-refractivity contribution >= 4 is 5.91 Å². The van der Waals surface area contributed by atoms with Gasteiger partial charge in [0.15, 0.2) is 0 Å². The van der Waals surface area contributed by atoms with Crippen LogP contribution in [0.25, 0.3) is 11.3 Å². The molecule has 1 aromatic carbocycles. The number of likely N-dealkylation sites (tertiary alicyclic amines) is 1. The number of benzene rings is 1. The van der Waals surface area contributed by atoms with Gasteiger partial charge in [-0.3, -0.25) is 9.89 Å². The number of methoxy groups -OCH3 is 2. The number of carbonyl (C=O) groups is 1. The number of carbonyl (C=O) groups excluding carboxylic acids is 1. The van der Waals surface area contributed by atoms with E-state index >= 15 is 0 Å². The first-order chi connectivity index (χ1) is 13.5. The second-order valence-electron chi connectivity index (χ2n) is 7.26. The van der Waals surface area contributed by atoms with Crippen molar-refractivity contribution < 1.29 is 14.3 Å². The van der Waals surface area contributed by atoms with Gasteiger partial charge >= 0.3 is 0 Å². The van der Waals surface area contributed by atoms with Crippen LogP contribution in [0.15, 0.2) is 18.2 Å². The monoisotopic (exact) mass is 386 g/mol. The van der Waals surface area contributed by atoms with E-state index in [0.29, 0.717) is 29.4 Å². The SMILES string of the molecule is CCN(C(=O)c1[nH]nc(-c2cc(OC)ccc2OC)c1C)C1CCN(C)CC1. The minimum atomic E-state index is 0.00941. The lowest BCUT2D eigenvalue weighted by Crippen LogP contribution is -2.46. The Labute approximate surface area is 166 Å². The minimum absolute atomic E-state index is 0.00941. The molecule has 3 rings (SSSR count). The number of hydrogen-bond donors (Lipinski definition) is 1. The zero-order valence-corrected chi connectivity index (χ0v) is 17.4. The van der Waals surface area contributed by atoms with Crippen LogP contribution in [0.3, 0.4) is 0 Å². The van der Waals surface area contributed by atoms with E-state index in [9.17, 15) is 4.79 Å². The molecule has 0 unspecified atom stereocenters. The van der Waals surface area contributed by atoms with Crippen LogP contribution in [0.4, 0.5) is 0 Å². The van der Waals surface area contributed by atoms with Crippen molar-refractivity contribution in [2.75, 3.05) is 40.9 Å². The predicted molar refractivity (Wildman–Crippen MR) is 109 cm³/mol. The van der Waals surface area contributed by atoms with Gasteiger partial charge in [-0.2, -0.15) is 5.10 Å². The number of aromatic nitrogens is 2. The van der Waals surface area contributed by atoms with Crippen molar-refractivity contribution in [2.45, 2.75) is 32.7 Å². The van der Waals surface area contributed by atoms with E-state index in [0.717, 1.165) is 37.1 Å². The highest BCUT2D eigenvalue weighted by atomic mass is 16.5. The van der Waals surface area contributed by atoms with E-state index in [-0.39, 0.29) is 11.9 Å². The Morgan fingerprint density at radius 3 is 2.61 bits per heavy atom. The molecule has 1 N–H and O–H groups in total. The van der Waals surface area contributed by atoms with Gasteiger partial charge in [-0.15, -0.1) is 0 Å². The number of H-pyrrole nitrogens is 1. The van der Waals surface area contributed by atoms with Crippen molar-refractivity contribution in [1.82, 2.24) is 20.0 Å². The van der Waals surface area contributed by atoms with Crippen LogP contribution in [-0.2, 0) is 0 Å². The minimum Gasteiger partial charge on any atom is -0.497 e. The Balaban J connectivity index is 1.91. The quantitative estimate of drug-likeness (QED) is 0.827. The molecule has 1 fully saturated rings. The molecule has 0 bridgehead atoms. The lowest BCUT2D eigenvalue weighted by molar-refractivity contribution is 0.0600. The standard InChI is InChI=1S/C21H30N4O3/c1-6-25(15-9-11-24(3)12-10-15)21(26)20-14(2)19(22-23-20)17-13-16(27-4)7-8-18(17)28-5/h7-8,13,15H,6,9-12H2,1-5H3,(H,22,23). The normalized spacial score (nSPS) is 15.5. The number of aromatic amines is 1. The van der Waals surface area contributed by atoms with E-state index < -0.39 is 0 Å². The van der Waals surface area contributed by atoms with Crippen molar-refractivity contribution in [3.63, 3.8) is 0 Å². The van der Waals surface area contributed by atoms with Crippen LogP contribution in [0, 0.1) is 6.92 Å². The van der Waals surface area contributed by atoms with Crippen LogP contribution in [0.2, 0.25) is 0 Å². The highest BCUT2D eigenvalue weighted by Gasteiger charge is 2.29. The van der Waals surface area contributed by atoms with Crippen molar-refractivity contribution in [1.29, 1.82) is 0 Å². The molecule has 1 aliphatic rings. The Morgan fingerprint density at radius 1 is 1.29 bits per heavy atom. The molecule has 0 saturated carbocycles. The first kappa shape index (κ1) is 20.2. The van der Waals surface area contributed by atoms with Gasteiger partial charge in [-0.05, 0) is 65.0 Å². The van der Waals surface area contributed by atoms with Gasteiger partial charge in [-0.25, -0.2) is 0 Å². The zero-order valence-electron chi connectivity index (χ0n) is 17.4. The molecule has 1 aliphatic heterocycles. The number of hydrogen-bond acceptors (Lipinski definition) is 5. The number of nitrogens with one attached hydrogen (secondary N) is 1. The molecule has 1 aromatic heterocycles. The number of piperidine rings is 1. The molecular weight excluding hydrogens is 356 g/mol. The summed E-state index contributed by atoms with van der Waals surface area (Å²) < 4.78 is 10.8. The summed E-state index contributed by atoms with van der Waals surface area (Å²) >= 11 is 0. The lowest BCUT2D eigenvalue weighted by Gasteiger charge is -2.36. The van der Waals surface area contributed by atoms with Crippen LogP contribution in [0.1, 0.15) is 35.8 Å². The van der Waals surface area contributed by atoms with Crippen molar-refractivity contribution in [3.05, 3.63) is 29.5 Å². The van der Waals surface area contributed by atoms with E-state index in [2.05, 4.69) is 22.1 Å². The number of ether oxygens (including phenoxy) is 2. The summed E-state index contributed by atoms with van der Waals surface area (Å²) in [5, 5.41) is 7.42. The molecule has 0 aliphatic carbocycles. The summed E-state index contributed by atoms with van der Waals surface area (Å²) in [6.45, 7) is 6.68. The average molecular weight is 386 g/mol. The summed E-state index contributed by atoms with van der Waals surface area (Å²) in [7, 11) is 5.37. The highest BCUT2D eigenvalue weighted by Crippen LogP contribution is 2.35. The number of rotatable bonds is 6. The topological polar surface area (TPSA) is 70.7 Å². The average Bonchev–Trinajstić information content (AvgIpc) is 3.10. The van der Waals surface area contributed by atoms with E-state index in [1.807, 2.05) is 36.9 Å². The maximum Gasteiger partial charge on any atom is 0.272 e. The summed E-state index contributed by atoms with van der Waals surface area (Å²) in [5.41, 5.74) is 2.87. The van der Waals surface area contributed by atoms with E-state index in [4.69, 9.17) is 9.47 Å². The van der Waals surface area contributed by atoms with Crippen LogP contribution >= 0.6 is 0 Å². The van der Waals surface area contributed by atoms with Crippen molar-refractivity contribution in [3.8, 4) is 22.8 Å². The van der Waals surface area contributed by atoms with Crippen molar-refractivity contribution in [2.24, 2.45) is 0 Å². The van der Waals surface area contributed by atoms with E-state index in [1.54, 1.807) is 14.2 Å². The lowest BCUT2D eigenvalue weighted by atomic mass is 10.0.